The Balaban J connectivity index is 2.25. The van der Waals surface area contributed by atoms with Crippen molar-refractivity contribution in [3.63, 3.8) is 0 Å². The van der Waals surface area contributed by atoms with Crippen LogP contribution in [0.2, 0.25) is 0 Å². The summed E-state index contributed by atoms with van der Waals surface area (Å²) < 4.78 is 14.4. The Morgan fingerprint density at radius 2 is 2.00 bits per heavy atom. The number of benzene rings is 2. The second-order valence-electron chi connectivity index (χ2n) is 4.18. The van der Waals surface area contributed by atoms with Gasteiger partial charge in [-0.3, -0.25) is 4.79 Å². The van der Waals surface area contributed by atoms with Crippen molar-refractivity contribution in [2.75, 3.05) is 11.1 Å². The number of nitrogens with two attached hydrogens (primary N) is 1. The molecule has 0 spiro atoms. The molecule has 1 amide bonds. The van der Waals surface area contributed by atoms with Gasteiger partial charge in [0.05, 0.1) is 11.3 Å². The molecule has 0 aliphatic heterocycles. The van der Waals surface area contributed by atoms with Crippen LogP contribution in [-0.4, -0.2) is 5.91 Å². The van der Waals surface area contributed by atoms with Crippen LogP contribution in [0.4, 0.5) is 15.8 Å². The van der Waals surface area contributed by atoms with E-state index in [-0.39, 0.29) is 11.3 Å². The van der Waals surface area contributed by atoms with Crippen molar-refractivity contribution < 1.29 is 9.18 Å². The van der Waals surface area contributed by atoms with E-state index in [1.165, 1.54) is 12.1 Å². The van der Waals surface area contributed by atoms with Gasteiger partial charge >= 0.3 is 0 Å². The number of rotatable bonds is 2. The Morgan fingerprint density at radius 3 is 2.63 bits per heavy atom. The number of halogens is 2. The van der Waals surface area contributed by atoms with Gasteiger partial charge in [-0.1, -0.05) is 6.07 Å². The van der Waals surface area contributed by atoms with E-state index in [1.54, 1.807) is 6.07 Å². The molecule has 0 aliphatic rings. The normalized spacial score (nSPS) is 10.3. The number of amides is 1. The van der Waals surface area contributed by atoms with Crippen LogP contribution in [0.15, 0.2) is 40.9 Å². The number of aryl methyl sites for hydroxylation is 1. The molecule has 0 bridgehead atoms. The maximum absolute atomic E-state index is 13.6. The number of carbonyl (C=O) groups is 1. The van der Waals surface area contributed by atoms with E-state index in [2.05, 4.69) is 21.2 Å². The molecule has 0 atom stereocenters. The summed E-state index contributed by atoms with van der Waals surface area (Å²) in [6.07, 6.45) is 0. The minimum absolute atomic E-state index is 0.0401. The summed E-state index contributed by atoms with van der Waals surface area (Å²) in [5.74, 6) is -1.15. The molecule has 2 rings (SSSR count). The molecule has 0 fully saturated rings. The van der Waals surface area contributed by atoms with E-state index in [1.807, 2.05) is 19.1 Å². The lowest BCUT2D eigenvalue weighted by Crippen LogP contribution is -2.14. The highest BCUT2D eigenvalue weighted by molar-refractivity contribution is 9.10. The van der Waals surface area contributed by atoms with Crippen molar-refractivity contribution in [3.05, 3.63) is 57.8 Å². The lowest BCUT2D eigenvalue weighted by molar-refractivity contribution is 0.102. The Hall–Kier alpha value is -1.88. The lowest BCUT2D eigenvalue weighted by Gasteiger charge is -2.09. The van der Waals surface area contributed by atoms with Crippen molar-refractivity contribution >= 4 is 33.2 Å². The largest absolute Gasteiger partial charge is 0.399 e. The fourth-order valence-electron chi connectivity index (χ4n) is 1.63. The zero-order chi connectivity index (χ0) is 14.0. The van der Waals surface area contributed by atoms with Crippen LogP contribution >= 0.6 is 15.9 Å². The molecule has 0 aliphatic carbocycles. The summed E-state index contributed by atoms with van der Waals surface area (Å²) in [5.41, 5.74) is 7.33. The third-order valence-corrected chi connectivity index (χ3v) is 3.27. The molecule has 0 unspecified atom stereocenters. The highest BCUT2D eigenvalue weighted by Gasteiger charge is 2.13. The topological polar surface area (TPSA) is 55.1 Å². The molecule has 0 radical (unpaired) electrons. The molecular weight excluding hydrogens is 311 g/mol. The predicted octanol–water partition coefficient (Wildman–Crippen LogP) is 3.73. The van der Waals surface area contributed by atoms with Crippen LogP contribution in [0, 0.1) is 12.7 Å². The summed E-state index contributed by atoms with van der Waals surface area (Å²) in [5, 5.41) is 2.65. The minimum atomic E-state index is -0.638. The van der Waals surface area contributed by atoms with Gasteiger partial charge in [0.15, 0.2) is 0 Å². The molecule has 5 heteroatoms. The average molecular weight is 323 g/mol. The first-order valence-corrected chi connectivity index (χ1v) is 6.39. The Bertz CT molecular complexity index is 643. The number of hydrogen-bond acceptors (Lipinski definition) is 2. The van der Waals surface area contributed by atoms with Gasteiger partial charge < -0.3 is 11.1 Å². The van der Waals surface area contributed by atoms with Gasteiger partial charge in [-0.15, -0.1) is 0 Å². The molecule has 0 heterocycles. The van der Waals surface area contributed by atoms with Crippen molar-refractivity contribution in [1.29, 1.82) is 0 Å². The summed E-state index contributed by atoms with van der Waals surface area (Å²) >= 11 is 3.35. The van der Waals surface area contributed by atoms with Crippen molar-refractivity contribution in [3.8, 4) is 0 Å². The van der Waals surface area contributed by atoms with Gasteiger partial charge in [0.2, 0.25) is 0 Å². The standard InChI is InChI=1S/C14H12BrFN2O/c1-8-2-5-13(11(15)6-8)18-14(19)10-4-3-9(17)7-12(10)16/h2-7H,17H2,1H3,(H,18,19). The molecule has 0 saturated heterocycles. The molecular formula is C14H12BrFN2O. The maximum atomic E-state index is 13.6. The second kappa shape index (κ2) is 5.40. The van der Waals surface area contributed by atoms with E-state index in [0.717, 1.165) is 16.1 Å². The zero-order valence-corrected chi connectivity index (χ0v) is 11.8. The smallest absolute Gasteiger partial charge is 0.258 e. The number of nitrogen functional groups attached to an aromatic ring is 1. The van der Waals surface area contributed by atoms with Crippen LogP contribution in [0.3, 0.4) is 0 Å². The van der Waals surface area contributed by atoms with Gasteiger partial charge in [-0.2, -0.15) is 0 Å². The van der Waals surface area contributed by atoms with Crippen LogP contribution in [-0.2, 0) is 0 Å². The van der Waals surface area contributed by atoms with Gasteiger partial charge in [-0.05, 0) is 58.7 Å². The van der Waals surface area contributed by atoms with E-state index in [9.17, 15) is 9.18 Å². The SMILES string of the molecule is Cc1ccc(NC(=O)c2ccc(N)cc2F)c(Br)c1. The first kappa shape index (κ1) is 13.5. The summed E-state index contributed by atoms with van der Waals surface area (Å²) in [6.45, 7) is 1.94. The van der Waals surface area contributed by atoms with E-state index >= 15 is 0 Å². The quantitative estimate of drug-likeness (QED) is 0.828. The monoisotopic (exact) mass is 322 g/mol. The molecule has 19 heavy (non-hydrogen) atoms. The van der Waals surface area contributed by atoms with Crippen molar-refractivity contribution in [1.82, 2.24) is 0 Å². The summed E-state index contributed by atoms with van der Waals surface area (Å²) in [4.78, 5) is 12.0. The van der Waals surface area contributed by atoms with Crippen LogP contribution in [0.25, 0.3) is 0 Å². The van der Waals surface area contributed by atoms with E-state index < -0.39 is 11.7 Å². The van der Waals surface area contributed by atoms with Gasteiger partial charge in [0.25, 0.3) is 5.91 Å². The average Bonchev–Trinajstić information content (AvgIpc) is 2.32. The Kier molecular flexibility index (Phi) is 3.85. The van der Waals surface area contributed by atoms with Crippen molar-refractivity contribution in [2.24, 2.45) is 0 Å². The van der Waals surface area contributed by atoms with E-state index in [4.69, 9.17) is 5.73 Å². The minimum Gasteiger partial charge on any atom is -0.399 e. The highest BCUT2D eigenvalue weighted by atomic mass is 79.9. The number of nitrogens with one attached hydrogen (secondary N) is 1. The lowest BCUT2D eigenvalue weighted by atomic mass is 10.1. The van der Waals surface area contributed by atoms with Gasteiger partial charge in [-0.25, -0.2) is 4.39 Å². The molecule has 0 aromatic heterocycles. The van der Waals surface area contributed by atoms with Crippen LogP contribution in [0.1, 0.15) is 15.9 Å². The molecule has 2 aromatic rings. The molecule has 0 saturated carbocycles. The van der Waals surface area contributed by atoms with Crippen LogP contribution in [0.5, 0.6) is 0 Å². The van der Waals surface area contributed by atoms with Crippen LogP contribution < -0.4 is 11.1 Å². The van der Waals surface area contributed by atoms with Crippen molar-refractivity contribution in [2.45, 2.75) is 6.92 Å². The third-order valence-electron chi connectivity index (χ3n) is 2.61. The van der Waals surface area contributed by atoms with E-state index in [0.29, 0.717) is 5.69 Å². The molecule has 3 nitrogen and oxygen atoms in total. The second-order valence-corrected chi connectivity index (χ2v) is 5.03. The molecule has 3 N–H and O–H groups in total. The number of carbonyl (C=O) groups excluding carboxylic acids is 1. The maximum Gasteiger partial charge on any atom is 0.258 e. The highest BCUT2D eigenvalue weighted by Crippen LogP contribution is 2.24. The molecule has 2 aromatic carbocycles. The third kappa shape index (κ3) is 3.12. The number of anilines is 2. The predicted molar refractivity (Wildman–Crippen MR) is 77.6 cm³/mol. The van der Waals surface area contributed by atoms with Gasteiger partial charge in [0.1, 0.15) is 5.82 Å². The first-order valence-electron chi connectivity index (χ1n) is 5.60. The molecule has 98 valence electrons. The summed E-state index contributed by atoms with van der Waals surface area (Å²) in [6, 6.07) is 9.46. The summed E-state index contributed by atoms with van der Waals surface area (Å²) in [7, 11) is 0. The zero-order valence-electron chi connectivity index (χ0n) is 10.2. The Labute approximate surface area is 118 Å². The fourth-order valence-corrected chi connectivity index (χ4v) is 2.22. The fraction of sp³-hybridized carbons (Fsp3) is 0.0714. The first-order chi connectivity index (χ1) is 8.97. The number of hydrogen-bond donors (Lipinski definition) is 2. The Morgan fingerprint density at radius 1 is 1.26 bits per heavy atom. The van der Waals surface area contributed by atoms with Gasteiger partial charge in [0, 0.05) is 10.2 Å².